The van der Waals surface area contributed by atoms with E-state index in [9.17, 15) is 4.79 Å². The summed E-state index contributed by atoms with van der Waals surface area (Å²) in [5, 5.41) is 3.26. The van der Waals surface area contributed by atoms with Crippen LogP contribution in [-0.2, 0) is 6.54 Å². The molecule has 2 aromatic heterocycles. The van der Waals surface area contributed by atoms with Gasteiger partial charge in [-0.25, -0.2) is 4.98 Å². The van der Waals surface area contributed by atoms with Crippen molar-refractivity contribution < 1.29 is 9.21 Å². The normalized spacial score (nSPS) is 24.9. The van der Waals surface area contributed by atoms with E-state index >= 15 is 0 Å². The number of hydrogen-bond donors (Lipinski definition) is 0. The summed E-state index contributed by atoms with van der Waals surface area (Å²) in [6, 6.07) is 3.50. The summed E-state index contributed by atoms with van der Waals surface area (Å²) in [4.78, 5) is 21.4. The fourth-order valence-corrected chi connectivity index (χ4v) is 4.16. The van der Waals surface area contributed by atoms with E-state index in [4.69, 9.17) is 4.42 Å². The maximum atomic E-state index is 12.4. The van der Waals surface area contributed by atoms with Crippen LogP contribution in [0.2, 0.25) is 0 Å². The van der Waals surface area contributed by atoms with Crippen molar-refractivity contribution in [2.45, 2.75) is 31.8 Å². The molecule has 22 heavy (non-hydrogen) atoms. The van der Waals surface area contributed by atoms with Crippen LogP contribution in [0.3, 0.4) is 0 Å². The summed E-state index contributed by atoms with van der Waals surface area (Å²) < 4.78 is 5.24. The second-order valence-corrected chi connectivity index (χ2v) is 7.27. The molecule has 0 radical (unpaired) electrons. The molecule has 5 nitrogen and oxygen atoms in total. The van der Waals surface area contributed by atoms with Gasteiger partial charge in [-0.3, -0.25) is 9.69 Å². The number of aryl methyl sites for hydroxylation is 1. The van der Waals surface area contributed by atoms with Crippen molar-refractivity contribution in [2.24, 2.45) is 0 Å². The van der Waals surface area contributed by atoms with Crippen LogP contribution in [0.4, 0.5) is 0 Å². The van der Waals surface area contributed by atoms with Crippen molar-refractivity contribution >= 4 is 17.2 Å². The number of carbonyl (C=O) groups excluding carboxylic acids is 1. The van der Waals surface area contributed by atoms with Crippen molar-refractivity contribution in [2.75, 3.05) is 19.6 Å². The Balaban J connectivity index is 1.44. The van der Waals surface area contributed by atoms with Crippen LogP contribution in [0, 0.1) is 6.92 Å². The molecule has 116 valence electrons. The third-order valence-corrected chi connectivity index (χ3v) is 5.71. The van der Waals surface area contributed by atoms with E-state index < -0.39 is 0 Å². The number of hydrogen-bond acceptors (Lipinski definition) is 5. The van der Waals surface area contributed by atoms with Crippen molar-refractivity contribution in [1.82, 2.24) is 14.8 Å². The van der Waals surface area contributed by atoms with Crippen LogP contribution in [0.25, 0.3) is 0 Å². The standard InChI is InChI=1S/C16H19N3O2S/c1-12-17-13(10-22-12)9-19-7-5-16(19)4-6-18(11-16)15(20)14-3-2-8-21-14/h2-3,8,10H,4-7,9,11H2,1H3. The van der Waals surface area contributed by atoms with Gasteiger partial charge in [-0.05, 0) is 31.9 Å². The van der Waals surface area contributed by atoms with E-state index in [0.717, 1.165) is 49.7 Å². The van der Waals surface area contributed by atoms with Gasteiger partial charge >= 0.3 is 0 Å². The Bertz CT molecular complexity index is 681. The van der Waals surface area contributed by atoms with Gasteiger partial charge in [0.2, 0.25) is 0 Å². The lowest BCUT2D eigenvalue weighted by molar-refractivity contribution is -0.0141. The molecule has 2 saturated heterocycles. The molecule has 1 atom stereocenters. The minimum Gasteiger partial charge on any atom is -0.459 e. The van der Waals surface area contributed by atoms with Crippen LogP contribution in [0.15, 0.2) is 28.2 Å². The lowest BCUT2D eigenvalue weighted by Crippen LogP contribution is -2.60. The number of amides is 1. The Kier molecular flexibility index (Phi) is 3.31. The first-order valence-electron chi connectivity index (χ1n) is 7.65. The topological polar surface area (TPSA) is 49.6 Å². The highest BCUT2D eigenvalue weighted by Crippen LogP contribution is 2.40. The van der Waals surface area contributed by atoms with Gasteiger partial charge in [0.05, 0.1) is 17.0 Å². The van der Waals surface area contributed by atoms with Gasteiger partial charge < -0.3 is 9.32 Å². The molecule has 2 fully saturated rings. The number of aromatic nitrogens is 1. The molecule has 0 saturated carbocycles. The summed E-state index contributed by atoms with van der Waals surface area (Å²) in [5.41, 5.74) is 1.30. The largest absolute Gasteiger partial charge is 0.459 e. The van der Waals surface area contributed by atoms with Crippen molar-refractivity contribution in [3.8, 4) is 0 Å². The van der Waals surface area contributed by atoms with E-state index in [0.29, 0.717) is 5.76 Å². The third-order valence-electron chi connectivity index (χ3n) is 4.89. The molecule has 0 aromatic carbocycles. The average Bonchev–Trinajstić information content (AvgIpc) is 3.23. The minimum atomic E-state index is 0.0122. The quantitative estimate of drug-likeness (QED) is 0.873. The zero-order valence-electron chi connectivity index (χ0n) is 12.6. The molecule has 4 rings (SSSR count). The first-order chi connectivity index (χ1) is 10.7. The highest BCUT2D eigenvalue weighted by molar-refractivity contribution is 7.09. The molecule has 0 aliphatic carbocycles. The molecule has 6 heteroatoms. The zero-order valence-corrected chi connectivity index (χ0v) is 13.4. The minimum absolute atomic E-state index is 0.0122. The number of rotatable bonds is 3. The van der Waals surface area contributed by atoms with Gasteiger partial charge in [-0.1, -0.05) is 0 Å². The SMILES string of the molecule is Cc1nc(CN2CCC23CCN(C(=O)c2ccco2)C3)cs1. The van der Waals surface area contributed by atoms with Gasteiger partial charge in [0.15, 0.2) is 5.76 Å². The highest BCUT2D eigenvalue weighted by atomic mass is 32.1. The van der Waals surface area contributed by atoms with E-state index in [1.54, 1.807) is 29.7 Å². The molecule has 2 aromatic rings. The number of thiazole rings is 1. The number of likely N-dealkylation sites (tertiary alicyclic amines) is 2. The fourth-order valence-electron chi connectivity index (χ4n) is 3.56. The van der Waals surface area contributed by atoms with E-state index in [-0.39, 0.29) is 11.4 Å². The van der Waals surface area contributed by atoms with Crippen LogP contribution in [0.1, 0.15) is 34.1 Å². The highest BCUT2D eigenvalue weighted by Gasteiger charge is 2.50. The summed E-state index contributed by atoms with van der Waals surface area (Å²) in [5.74, 6) is 0.455. The second-order valence-electron chi connectivity index (χ2n) is 6.21. The number of nitrogens with zero attached hydrogens (tertiary/aromatic N) is 3. The smallest absolute Gasteiger partial charge is 0.289 e. The average molecular weight is 317 g/mol. The van der Waals surface area contributed by atoms with E-state index in [1.807, 2.05) is 11.8 Å². The van der Waals surface area contributed by atoms with Crippen molar-refractivity contribution in [1.29, 1.82) is 0 Å². The Morgan fingerprint density at radius 2 is 2.32 bits per heavy atom. The summed E-state index contributed by atoms with van der Waals surface area (Å²) in [7, 11) is 0. The summed E-state index contributed by atoms with van der Waals surface area (Å²) >= 11 is 1.70. The lowest BCUT2D eigenvalue weighted by Gasteiger charge is -2.50. The molecule has 4 heterocycles. The Morgan fingerprint density at radius 3 is 2.95 bits per heavy atom. The predicted molar refractivity (Wildman–Crippen MR) is 83.8 cm³/mol. The molecule has 0 N–H and O–H groups in total. The molecule has 2 aliphatic rings. The van der Waals surface area contributed by atoms with Gasteiger partial charge in [0.25, 0.3) is 5.91 Å². The van der Waals surface area contributed by atoms with E-state index in [1.165, 1.54) is 0 Å². The summed E-state index contributed by atoms with van der Waals surface area (Å²) in [6.07, 6.45) is 3.76. The van der Waals surface area contributed by atoms with Crippen LogP contribution < -0.4 is 0 Å². The summed E-state index contributed by atoms with van der Waals surface area (Å²) in [6.45, 7) is 5.65. The van der Waals surface area contributed by atoms with Crippen molar-refractivity contribution in [3.63, 3.8) is 0 Å². The van der Waals surface area contributed by atoms with Crippen LogP contribution in [-0.4, -0.2) is 45.9 Å². The first-order valence-corrected chi connectivity index (χ1v) is 8.53. The van der Waals surface area contributed by atoms with Gasteiger partial charge in [-0.15, -0.1) is 11.3 Å². The molecule has 0 bridgehead atoms. The van der Waals surface area contributed by atoms with Crippen molar-refractivity contribution in [3.05, 3.63) is 40.2 Å². The van der Waals surface area contributed by atoms with Gasteiger partial charge in [-0.2, -0.15) is 0 Å². The van der Waals surface area contributed by atoms with E-state index in [2.05, 4.69) is 15.3 Å². The van der Waals surface area contributed by atoms with Gasteiger partial charge in [0, 0.05) is 37.1 Å². The molecule has 1 amide bonds. The molecular weight excluding hydrogens is 298 g/mol. The first kappa shape index (κ1) is 14.0. The zero-order chi connectivity index (χ0) is 15.2. The number of carbonyl (C=O) groups is 1. The third kappa shape index (κ3) is 2.27. The fraction of sp³-hybridized carbons (Fsp3) is 0.500. The maximum Gasteiger partial charge on any atom is 0.289 e. The second kappa shape index (κ2) is 5.21. The predicted octanol–water partition coefficient (Wildman–Crippen LogP) is 2.54. The van der Waals surface area contributed by atoms with Crippen LogP contribution >= 0.6 is 11.3 Å². The lowest BCUT2D eigenvalue weighted by atomic mass is 9.83. The Morgan fingerprint density at radius 1 is 1.45 bits per heavy atom. The molecule has 1 unspecified atom stereocenters. The molecule has 1 spiro atoms. The molecule has 2 aliphatic heterocycles. The maximum absolute atomic E-state index is 12.4. The van der Waals surface area contributed by atoms with Crippen LogP contribution in [0.5, 0.6) is 0 Å². The monoisotopic (exact) mass is 317 g/mol. The number of furan rings is 1. The van der Waals surface area contributed by atoms with Gasteiger partial charge in [0.1, 0.15) is 0 Å². The molecular formula is C16H19N3O2S. The Hall–Kier alpha value is -1.66. The Labute approximate surface area is 133 Å².